The van der Waals surface area contributed by atoms with E-state index in [2.05, 4.69) is 11.2 Å². The van der Waals surface area contributed by atoms with Crippen molar-refractivity contribution >= 4 is 6.03 Å². The highest BCUT2D eigenvalue weighted by molar-refractivity contribution is 5.74. The SMILES string of the molecule is C#C[C@H](COC)NC(=O)N(CC)CC. The van der Waals surface area contributed by atoms with Gasteiger partial charge in [-0.2, -0.15) is 0 Å². The van der Waals surface area contributed by atoms with E-state index in [1.165, 1.54) is 0 Å². The fourth-order valence-corrected chi connectivity index (χ4v) is 1.05. The zero-order valence-corrected chi connectivity index (χ0v) is 9.04. The highest BCUT2D eigenvalue weighted by Crippen LogP contribution is 1.91. The van der Waals surface area contributed by atoms with Crippen molar-refractivity contribution in [3.05, 3.63) is 0 Å². The van der Waals surface area contributed by atoms with E-state index < -0.39 is 0 Å². The maximum absolute atomic E-state index is 11.5. The first-order valence-corrected chi connectivity index (χ1v) is 4.70. The number of ether oxygens (including phenoxy) is 1. The number of amides is 2. The fourth-order valence-electron chi connectivity index (χ4n) is 1.05. The van der Waals surface area contributed by atoms with Crippen LogP contribution < -0.4 is 5.32 Å². The van der Waals surface area contributed by atoms with Crippen molar-refractivity contribution < 1.29 is 9.53 Å². The number of nitrogens with zero attached hydrogens (tertiary/aromatic N) is 1. The first-order valence-electron chi connectivity index (χ1n) is 4.70. The van der Waals surface area contributed by atoms with E-state index in [-0.39, 0.29) is 12.1 Å². The number of hydrogen-bond donors (Lipinski definition) is 1. The van der Waals surface area contributed by atoms with Gasteiger partial charge in [-0.3, -0.25) is 0 Å². The lowest BCUT2D eigenvalue weighted by atomic mass is 10.3. The van der Waals surface area contributed by atoms with Crippen LogP contribution in [0, 0.1) is 12.3 Å². The summed E-state index contributed by atoms with van der Waals surface area (Å²) in [5.74, 6) is 2.45. The fraction of sp³-hybridized carbons (Fsp3) is 0.700. The predicted octanol–water partition coefficient (Wildman–Crippen LogP) is 0.686. The molecule has 0 bridgehead atoms. The Morgan fingerprint density at radius 2 is 2.14 bits per heavy atom. The van der Waals surface area contributed by atoms with Gasteiger partial charge >= 0.3 is 6.03 Å². The zero-order chi connectivity index (χ0) is 11.0. The lowest BCUT2D eigenvalue weighted by Gasteiger charge is -2.21. The molecular weight excluding hydrogens is 180 g/mol. The predicted molar refractivity (Wildman–Crippen MR) is 55.9 cm³/mol. The maximum atomic E-state index is 11.5. The Balaban J connectivity index is 4.08. The minimum atomic E-state index is -0.354. The van der Waals surface area contributed by atoms with Crippen LogP contribution in [-0.2, 0) is 4.74 Å². The second-order valence-electron chi connectivity index (χ2n) is 2.80. The van der Waals surface area contributed by atoms with Crippen LogP contribution in [0.2, 0.25) is 0 Å². The van der Waals surface area contributed by atoms with Crippen LogP contribution in [0.1, 0.15) is 13.8 Å². The Labute approximate surface area is 85.6 Å². The van der Waals surface area contributed by atoms with Crippen LogP contribution in [0.5, 0.6) is 0 Å². The van der Waals surface area contributed by atoms with Crippen molar-refractivity contribution in [2.45, 2.75) is 19.9 Å². The van der Waals surface area contributed by atoms with Crippen molar-refractivity contribution in [2.24, 2.45) is 0 Å². The summed E-state index contributed by atoms with van der Waals surface area (Å²) in [7, 11) is 1.55. The third kappa shape index (κ3) is 4.15. The molecule has 0 radical (unpaired) electrons. The summed E-state index contributed by atoms with van der Waals surface area (Å²) in [5, 5.41) is 2.70. The molecule has 0 aliphatic rings. The molecule has 4 heteroatoms. The van der Waals surface area contributed by atoms with Crippen LogP contribution >= 0.6 is 0 Å². The number of carbonyl (C=O) groups is 1. The van der Waals surface area contributed by atoms with Gasteiger partial charge in [-0.25, -0.2) is 4.79 Å². The monoisotopic (exact) mass is 198 g/mol. The van der Waals surface area contributed by atoms with Gasteiger partial charge in [0.25, 0.3) is 0 Å². The van der Waals surface area contributed by atoms with Crippen molar-refractivity contribution in [1.29, 1.82) is 0 Å². The molecule has 80 valence electrons. The summed E-state index contributed by atoms with van der Waals surface area (Å²) in [6, 6.07) is -0.497. The van der Waals surface area contributed by atoms with E-state index in [9.17, 15) is 4.79 Å². The normalized spacial score (nSPS) is 11.6. The lowest BCUT2D eigenvalue weighted by molar-refractivity contribution is 0.170. The van der Waals surface area contributed by atoms with Crippen LogP contribution in [0.4, 0.5) is 4.79 Å². The highest BCUT2D eigenvalue weighted by atomic mass is 16.5. The molecule has 0 aromatic rings. The molecule has 14 heavy (non-hydrogen) atoms. The molecule has 0 aliphatic carbocycles. The minimum Gasteiger partial charge on any atom is -0.382 e. The number of carbonyl (C=O) groups excluding carboxylic acids is 1. The third-order valence-corrected chi connectivity index (χ3v) is 1.88. The van der Waals surface area contributed by atoms with Gasteiger partial charge in [0.15, 0.2) is 0 Å². The number of nitrogens with one attached hydrogen (secondary N) is 1. The largest absolute Gasteiger partial charge is 0.382 e. The molecule has 0 unspecified atom stereocenters. The molecule has 0 spiro atoms. The summed E-state index contributed by atoms with van der Waals surface area (Å²) in [5.41, 5.74) is 0. The topological polar surface area (TPSA) is 41.6 Å². The number of rotatable bonds is 5. The smallest absolute Gasteiger partial charge is 0.318 e. The van der Waals surface area contributed by atoms with E-state index in [1.54, 1.807) is 12.0 Å². The molecule has 2 amide bonds. The molecule has 4 nitrogen and oxygen atoms in total. The van der Waals surface area contributed by atoms with Gasteiger partial charge in [-0.05, 0) is 13.8 Å². The van der Waals surface area contributed by atoms with E-state index >= 15 is 0 Å². The summed E-state index contributed by atoms with van der Waals surface area (Å²) in [6.07, 6.45) is 5.23. The molecule has 0 heterocycles. The minimum absolute atomic E-state index is 0.144. The van der Waals surface area contributed by atoms with E-state index in [0.717, 1.165) is 0 Å². The van der Waals surface area contributed by atoms with Crippen molar-refractivity contribution in [3.63, 3.8) is 0 Å². The van der Waals surface area contributed by atoms with Gasteiger partial charge in [0.2, 0.25) is 0 Å². The van der Waals surface area contributed by atoms with Crippen molar-refractivity contribution in [1.82, 2.24) is 10.2 Å². The summed E-state index contributed by atoms with van der Waals surface area (Å²) < 4.78 is 4.87. The van der Waals surface area contributed by atoms with Gasteiger partial charge in [-0.15, -0.1) is 6.42 Å². The summed E-state index contributed by atoms with van der Waals surface area (Å²) >= 11 is 0. The van der Waals surface area contributed by atoms with Crippen LogP contribution in [-0.4, -0.2) is 43.8 Å². The van der Waals surface area contributed by atoms with Crippen LogP contribution in [0.3, 0.4) is 0 Å². The second-order valence-corrected chi connectivity index (χ2v) is 2.80. The van der Waals surface area contributed by atoms with Crippen LogP contribution in [0.25, 0.3) is 0 Å². The Hall–Kier alpha value is -1.21. The third-order valence-electron chi connectivity index (χ3n) is 1.88. The molecule has 0 saturated carbocycles. The zero-order valence-electron chi connectivity index (χ0n) is 9.04. The molecule has 0 rings (SSSR count). The summed E-state index contributed by atoms with van der Waals surface area (Å²) in [6.45, 7) is 5.53. The van der Waals surface area contributed by atoms with Gasteiger partial charge in [0, 0.05) is 20.2 Å². The van der Waals surface area contributed by atoms with Crippen LogP contribution in [0.15, 0.2) is 0 Å². The first-order chi connectivity index (χ1) is 6.69. The van der Waals surface area contributed by atoms with Gasteiger partial charge in [-0.1, -0.05) is 5.92 Å². The quantitative estimate of drug-likeness (QED) is 0.660. The molecule has 0 fully saturated rings. The maximum Gasteiger partial charge on any atom is 0.318 e. The second kappa shape index (κ2) is 7.22. The molecule has 1 atom stereocenters. The molecular formula is C10H18N2O2. The van der Waals surface area contributed by atoms with Gasteiger partial charge in [0.05, 0.1) is 6.61 Å². The standard InChI is InChI=1S/C10H18N2O2/c1-5-9(8-14-4)11-10(13)12(6-2)7-3/h1,9H,6-8H2,2-4H3,(H,11,13)/t9-/m1/s1. The van der Waals surface area contributed by atoms with Crippen molar-refractivity contribution in [3.8, 4) is 12.3 Å². The number of hydrogen-bond acceptors (Lipinski definition) is 2. The van der Waals surface area contributed by atoms with Gasteiger partial charge in [0.1, 0.15) is 6.04 Å². The Kier molecular flexibility index (Phi) is 6.59. The average Bonchev–Trinajstić information content (AvgIpc) is 2.19. The number of methoxy groups -OCH3 is 1. The van der Waals surface area contributed by atoms with Gasteiger partial charge < -0.3 is 15.0 Å². The van der Waals surface area contributed by atoms with Crippen molar-refractivity contribution in [2.75, 3.05) is 26.8 Å². The number of terminal acetylenes is 1. The Morgan fingerprint density at radius 3 is 2.50 bits per heavy atom. The highest BCUT2D eigenvalue weighted by Gasteiger charge is 2.13. The van der Waals surface area contributed by atoms with E-state index in [1.807, 2.05) is 13.8 Å². The van der Waals surface area contributed by atoms with E-state index in [0.29, 0.717) is 19.7 Å². The molecule has 0 aromatic carbocycles. The lowest BCUT2D eigenvalue weighted by Crippen LogP contribution is -2.45. The molecule has 0 aromatic heterocycles. The van der Waals surface area contributed by atoms with E-state index in [4.69, 9.17) is 11.2 Å². The molecule has 1 N–H and O–H groups in total. The Bertz CT molecular complexity index is 207. The molecule has 0 saturated heterocycles. The number of urea groups is 1. The Morgan fingerprint density at radius 1 is 1.57 bits per heavy atom. The molecule has 0 aliphatic heterocycles. The summed E-state index contributed by atoms with van der Waals surface area (Å²) in [4.78, 5) is 13.2. The average molecular weight is 198 g/mol. The first kappa shape index (κ1) is 12.8.